The van der Waals surface area contributed by atoms with Gasteiger partial charge in [-0.3, -0.25) is 4.79 Å². The van der Waals surface area contributed by atoms with Gasteiger partial charge in [-0.25, -0.2) is 0 Å². The van der Waals surface area contributed by atoms with Crippen LogP contribution in [0.1, 0.15) is 38.1 Å². The SMILES string of the molecule is CCOC(C(=O)c1cccc(OC(F)(F)F)c1)C(C)(C)C. The number of hydrogen-bond acceptors (Lipinski definition) is 3. The standard InChI is InChI=1S/C15H19F3O3/c1-5-20-13(14(2,3)4)12(19)10-7-6-8-11(9-10)21-15(16,17)18/h6-9,13H,5H2,1-4H3. The summed E-state index contributed by atoms with van der Waals surface area (Å²) < 4.78 is 45.9. The highest BCUT2D eigenvalue weighted by Crippen LogP contribution is 2.28. The molecule has 0 bridgehead atoms. The predicted octanol–water partition coefficient (Wildman–Crippen LogP) is 4.22. The van der Waals surface area contributed by atoms with Gasteiger partial charge in [-0.05, 0) is 24.5 Å². The predicted molar refractivity (Wildman–Crippen MR) is 72.3 cm³/mol. The summed E-state index contributed by atoms with van der Waals surface area (Å²) in [4.78, 5) is 12.4. The Bertz CT molecular complexity index is 490. The topological polar surface area (TPSA) is 35.5 Å². The van der Waals surface area contributed by atoms with E-state index in [1.165, 1.54) is 12.1 Å². The van der Waals surface area contributed by atoms with Gasteiger partial charge in [-0.15, -0.1) is 13.2 Å². The molecular weight excluding hydrogens is 285 g/mol. The number of carbonyl (C=O) groups is 1. The zero-order chi connectivity index (χ0) is 16.3. The van der Waals surface area contributed by atoms with E-state index in [2.05, 4.69) is 4.74 Å². The van der Waals surface area contributed by atoms with Crippen molar-refractivity contribution in [2.45, 2.75) is 40.2 Å². The van der Waals surface area contributed by atoms with E-state index in [1.54, 1.807) is 6.92 Å². The zero-order valence-electron chi connectivity index (χ0n) is 12.5. The fourth-order valence-electron chi connectivity index (χ4n) is 1.88. The molecule has 6 heteroatoms. The second-order valence-electron chi connectivity index (χ2n) is 5.64. The minimum Gasteiger partial charge on any atom is -0.406 e. The lowest BCUT2D eigenvalue weighted by atomic mass is 9.84. The highest BCUT2D eigenvalue weighted by molar-refractivity contribution is 6.00. The maximum Gasteiger partial charge on any atom is 0.573 e. The van der Waals surface area contributed by atoms with E-state index < -0.39 is 23.6 Å². The Labute approximate surface area is 122 Å². The Morgan fingerprint density at radius 1 is 1.24 bits per heavy atom. The van der Waals surface area contributed by atoms with Crippen molar-refractivity contribution < 1.29 is 27.4 Å². The lowest BCUT2D eigenvalue weighted by molar-refractivity contribution is -0.274. The molecule has 1 unspecified atom stereocenters. The molecule has 0 saturated carbocycles. The summed E-state index contributed by atoms with van der Waals surface area (Å²) in [6, 6.07) is 5.02. The van der Waals surface area contributed by atoms with Crippen LogP contribution in [0.5, 0.6) is 5.75 Å². The summed E-state index contributed by atoms with van der Waals surface area (Å²) in [5.74, 6) is -0.783. The third-order valence-corrected chi connectivity index (χ3v) is 2.71. The molecule has 0 saturated heterocycles. The number of rotatable bonds is 5. The van der Waals surface area contributed by atoms with Crippen LogP contribution in [0.25, 0.3) is 0 Å². The molecule has 0 fully saturated rings. The van der Waals surface area contributed by atoms with E-state index in [4.69, 9.17) is 4.74 Å². The van der Waals surface area contributed by atoms with Gasteiger partial charge in [0.15, 0.2) is 5.78 Å². The number of halogens is 3. The largest absolute Gasteiger partial charge is 0.573 e. The highest BCUT2D eigenvalue weighted by atomic mass is 19.4. The molecular formula is C15H19F3O3. The fraction of sp³-hybridized carbons (Fsp3) is 0.533. The molecule has 21 heavy (non-hydrogen) atoms. The maximum absolute atomic E-state index is 12.4. The molecule has 1 aromatic rings. The molecule has 0 aliphatic rings. The lowest BCUT2D eigenvalue weighted by Crippen LogP contribution is -2.37. The van der Waals surface area contributed by atoms with Gasteiger partial charge in [0.25, 0.3) is 0 Å². The van der Waals surface area contributed by atoms with E-state index >= 15 is 0 Å². The first kappa shape index (κ1) is 17.5. The number of benzene rings is 1. The summed E-state index contributed by atoms with van der Waals surface area (Å²) in [6.45, 7) is 7.60. The maximum atomic E-state index is 12.4. The van der Waals surface area contributed by atoms with Crippen molar-refractivity contribution in [2.24, 2.45) is 5.41 Å². The summed E-state index contributed by atoms with van der Waals surface area (Å²) in [5, 5.41) is 0. The Kier molecular flexibility index (Phi) is 5.39. The zero-order valence-corrected chi connectivity index (χ0v) is 12.5. The molecule has 0 heterocycles. The molecule has 3 nitrogen and oxygen atoms in total. The minimum absolute atomic E-state index is 0.130. The normalized spacial score (nSPS) is 13.9. The summed E-state index contributed by atoms with van der Waals surface area (Å²) in [5.41, 5.74) is -0.335. The van der Waals surface area contributed by atoms with Crippen molar-refractivity contribution in [2.75, 3.05) is 6.61 Å². The lowest BCUT2D eigenvalue weighted by Gasteiger charge is -2.29. The smallest absolute Gasteiger partial charge is 0.406 e. The van der Waals surface area contributed by atoms with Crippen LogP contribution in [0.2, 0.25) is 0 Å². The van der Waals surface area contributed by atoms with Crippen molar-refractivity contribution in [3.8, 4) is 5.75 Å². The van der Waals surface area contributed by atoms with Gasteiger partial charge < -0.3 is 9.47 Å². The second kappa shape index (κ2) is 6.47. The van der Waals surface area contributed by atoms with Crippen LogP contribution < -0.4 is 4.74 Å². The molecule has 0 aliphatic carbocycles. The molecule has 1 atom stereocenters. The van der Waals surface area contributed by atoms with E-state index in [1.807, 2.05) is 20.8 Å². The third kappa shape index (κ3) is 5.38. The van der Waals surface area contributed by atoms with Crippen LogP contribution in [0.15, 0.2) is 24.3 Å². The average molecular weight is 304 g/mol. The molecule has 1 aromatic carbocycles. The Balaban J connectivity index is 3.03. The van der Waals surface area contributed by atoms with Crippen LogP contribution in [0.4, 0.5) is 13.2 Å². The van der Waals surface area contributed by atoms with Gasteiger partial charge in [0.2, 0.25) is 0 Å². The Morgan fingerprint density at radius 3 is 2.33 bits per heavy atom. The second-order valence-corrected chi connectivity index (χ2v) is 5.64. The molecule has 0 spiro atoms. The van der Waals surface area contributed by atoms with Gasteiger partial charge in [-0.1, -0.05) is 32.9 Å². The Morgan fingerprint density at radius 2 is 1.86 bits per heavy atom. The first-order valence-electron chi connectivity index (χ1n) is 6.56. The summed E-state index contributed by atoms with van der Waals surface area (Å²) >= 11 is 0. The van der Waals surface area contributed by atoms with Gasteiger partial charge >= 0.3 is 6.36 Å². The number of alkyl halides is 3. The molecule has 118 valence electrons. The van der Waals surface area contributed by atoms with Crippen molar-refractivity contribution in [3.05, 3.63) is 29.8 Å². The van der Waals surface area contributed by atoms with Crippen LogP contribution in [-0.2, 0) is 4.74 Å². The summed E-state index contributed by atoms with van der Waals surface area (Å²) in [6.07, 6.45) is -5.52. The van der Waals surface area contributed by atoms with Crippen molar-refractivity contribution >= 4 is 5.78 Å². The number of carbonyl (C=O) groups excluding carboxylic acids is 1. The average Bonchev–Trinajstić information content (AvgIpc) is 2.32. The van der Waals surface area contributed by atoms with Crippen LogP contribution in [0.3, 0.4) is 0 Å². The van der Waals surface area contributed by atoms with Crippen LogP contribution in [-0.4, -0.2) is 24.9 Å². The minimum atomic E-state index is -4.79. The van der Waals surface area contributed by atoms with Crippen molar-refractivity contribution in [1.29, 1.82) is 0 Å². The van der Waals surface area contributed by atoms with Crippen LogP contribution in [0, 0.1) is 5.41 Å². The molecule has 0 aliphatic heterocycles. The van der Waals surface area contributed by atoms with E-state index in [-0.39, 0.29) is 11.3 Å². The van der Waals surface area contributed by atoms with Gasteiger partial charge in [-0.2, -0.15) is 0 Å². The highest BCUT2D eigenvalue weighted by Gasteiger charge is 2.34. The Hall–Kier alpha value is -1.56. The quantitative estimate of drug-likeness (QED) is 0.764. The van der Waals surface area contributed by atoms with Crippen LogP contribution >= 0.6 is 0 Å². The number of hydrogen-bond donors (Lipinski definition) is 0. The van der Waals surface area contributed by atoms with Gasteiger partial charge in [0.05, 0.1) is 0 Å². The molecule has 0 amide bonds. The monoisotopic (exact) mass is 304 g/mol. The van der Waals surface area contributed by atoms with E-state index in [0.29, 0.717) is 6.61 Å². The van der Waals surface area contributed by atoms with E-state index in [9.17, 15) is 18.0 Å². The van der Waals surface area contributed by atoms with Crippen molar-refractivity contribution in [3.63, 3.8) is 0 Å². The fourth-order valence-corrected chi connectivity index (χ4v) is 1.88. The van der Waals surface area contributed by atoms with Gasteiger partial charge in [0.1, 0.15) is 11.9 Å². The first-order valence-corrected chi connectivity index (χ1v) is 6.56. The molecule has 1 rings (SSSR count). The first-order chi connectivity index (χ1) is 9.54. The molecule has 0 radical (unpaired) electrons. The number of Topliss-reactive ketones (excluding diaryl/α,β-unsaturated/α-hetero) is 1. The van der Waals surface area contributed by atoms with Gasteiger partial charge in [0, 0.05) is 12.2 Å². The molecule has 0 aromatic heterocycles. The molecule has 0 N–H and O–H groups in total. The summed E-state index contributed by atoms with van der Waals surface area (Å²) in [7, 11) is 0. The number of ketones is 1. The number of ether oxygens (including phenoxy) is 2. The van der Waals surface area contributed by atoms with E-state index in [0.717, 1.165) is 12.1 Å². The van der Waals surface area contributed by atoms with Crippen molar-refractivity contribution in [1.82, 2.24) is 0 Å². The third-order valence-electron chi connectivity index (χ3n) is 2.71.